The van der Waals surface area contributed by atoms with E-state index in [2.05, 4.69) is 4.74 Å². The van der Waals surface area contributed by atoms with Gasteiger partial charge < -0.3 is 14.2 Å². The Hall–Kier alpha value is -3.42. The molecule has 0 aromatic heterocycles. The fourth-order valence-corrected chi connectivity index (χ4v) is 2.24. The molecule has 0 fully saturated rings. The third kappa shape index (κ3) is 4.15. The molecule has 0 saturated carbocycles. The third-order valence-corrected chi connectivity index (χ3v) is 3.62. The van der Waals surface area contributed by atoms with Crippen LogP contribution in [0.25, 0.3) is 0 Å². The van der Waals surface area contributed by atoms with E-state index >= 15 is 0 Å². The molecule has 26 heavy (non-hydrogen) atoms. The summed E-state index contributed by atoms with van der Waals surface area (Å²) in [5, 5.41) is 11.3. The van der Waals surface area contributed by atoms with Crippen molar-refractivity contribution < 1.29 is 28.7 Å². The van der Waals surface area contributed by atoms with E-state index in [4.69, 9.17) is 9.47 Å². The average Bonchev–Trinajstić information content (AvgIpc) is 2.66. The predicted octanol–water partition coefficient (Wildman–Crippen LogP) is 3.04. The normalized spacial score (nSPS) is 11.3. The fraction of sp³-hybridized carbons (Fsp3) is 0.222. The smallest absolute Gasteiger partial charge is 0.338 e. The van der Waals surface area contributed by atoms with Crippen molar-refractivity contribution in [1.82, 2.24) is 0 Å². The number of nitro benzene ring substituents is 1. The summed E-state index contributed by atoms with van der Waals surface area (Å²) in [6.07, 6.45) is -0.967. The number of rotatable bonds is 7. The molecule has 0 aliphatic carbocycles. The highest BCUT2D eigenvalue weighted by atomic mass is 16.6. The lowest BCUT2D eigenvalue weighted by molar-refractivity contribution is -0.386. The van der Waals surface area contributed by atoms with Crippen LogP contribution in [0.4, 0.5) is 5.69 Å². The molecule has 2 rings (SSSR count). The summed E-state index contributed by atoms with van der Waals surface area (Å²) in [4.78, 5) is 34.5. The van der Waals surface area contributed by atoms with E-state index in [9.17, 15) is 19.7 Å². The number of hydrogen-bond donors (Lipinski definition) is 0. The van der Waals surface area contributed by atoms with Gasteiger partial charge in [0.1, 0.15) is 5.75 Å². The van der Waals surface area contributed by atoms with E-state index in [1.54, 1.807) is 24.3 Å². The topological polar surface area (TPSA) is 105 Å². The van der Waals surface area contributed by atoms with Gasteiger partial charge in [-0.15, -0.1) is 0 Å². The first-order valence-electron chi connectivity index (χ1n) is 7.59. The molecule has 0 amide bonds. The van der Waals surface area contributed by atoms with E-state index < -0.39 is 22.7 Å². The minimum absolute atomic E-state index is 0.0145. The molecule has 2 aromatic rings. The summed E-state index contributed by atoms with van der Waals surface area (Å²) in [6, 6.07) is 10.1. The summed E-state index contributed by atoms with van der Waals surface area (Å²) in [5.74, 6) is -0.567. The lowest BCUT2D eigenvalue weighted by atomic mass is 10.1. The van der Waals surface area contributed by atoms with Gasteiger partial charge in [-0.05, 0) is 43.3 Å². The van der Waals surface area contributed by atoms with Crippen LogP contribution < -0.4 is 9.47 Å². The Kier molecular flexibility index (Phi) is 5.90. The van der Waals surface area contributed by atoms with Crippen LogP contribution in [-0.2, 0) is 4.74 Å². The number of carbonyl (C=O) groups excluding carboxylic acids is 2. The molecule has 1 atom stereocenters. The molecule has 0 bridgehead atoms. The summed E-state index contributed by atoms with van der Waals surface area (Å²) in [7, 11) is 2.69. The third-order valence-electron chi connectivity index (χ3n) is 3.62. The van der Waals surface area contributed by atoms with Gasteiger partial charge in [-0.25, -0.2) is 4.79 Å². The van der Waals surface area contributed by atoms with Gasteiger partial charge in [0.15, 0.2) is 11.9 Å². The number of hydrogen-bond acceptors (Lipinski definition) is 7. The van der Waals surface area contributed by atoms with Crippen LogP contribution in [0.5, 0.6) is 11.5 Å². The molecule has 2 aromatic carbocycles. The Bertz CT molecular complexity index is 830. The first kappa shape index (κ1) is 18.9. The monoisotopic (exact) mass is 359 g/mol. The molecule has 0 unspecified atom stereocenters. The number of benzene rings is 2. The Morgan fingerprint density at radius 1 is 1.04 bits per heavy atom. The maximum atomic E-state index is 12.4. The summed E-state index contributed by atoms with van der Waals surface area (Å²) >= 11 is 0. The van der Waals surface area contributed by atoms with Gasteiger partial charge in [0.25, 0.3) is 0 Å². The first-order valence-corrected chi connectivity index (χ1v) is 7.59. The van der Waals surface area contributed by atoms with Gasteiger partial charge >= 0.3 is 11.7 Å². The highest BCUT2D eigenvalue weighted by Crippen LogP contribution is 2.29. The molecule has 0 N–H and O–H groups in total. The maximum Gasteiger partial charge on any atom is 0.338 e. The standard InChI is InChI=1S/C18H17NO7/c1-11(17(20)12-4-7-14(24-2)8-5-12)26-16-9-6-13(18(21)25-3)10-15(16)19(22)23/h4-11H,1-3H3/t11-/m1/s1. The lowest BCUT2D eigenvalue weighted by Gasteiger charge is -2.14. The minimum Gasteiger partial charge on any atom is -0.497 e. The van der Waals surface area contributed by atoms with Crippen molar-refractivity contribution >= 4 is 17.4 Å². The number of nitro groups is 1. The number of ketones is 1. The average molecular weight is 359 g/mol. The highest BCUT2D eigenvalue weighted by Gasteiger charge is 2.24. The van der Waals surface area contributed by atoms with Gasteiger partial charge in [0, 0.05) is 11.6 Å². The van der Waals surface area contributed by atoms with Crippen LogP contribution in [0.15, 0.2) is 42.5 Å². The second-order valence-corrected chi connectivity index (χ2v) is 5.28. The van der Waals surface area contributed by atoms with Gasteiger partial charge in [0.2, 0.25) is 5.78 Å². The van der Waals surface area contributed by atoms with Gasteiger partial charge in [-0.3, -0.25) is 14.9 Å². The van der Waals surface area contributed by atoms with Crippen LogP contribution in [0.2, 0.25) is 0 Å². The van der Waals surface area contributed by atoms with E-state index in [0.29, 0.717) is 11.3 Å². The number of methoxy groups -OCH3 is 2. The molecule has 8 heteroatoms. The number of nitrogens with zero attached hydrogens (tertiary/aromatic N) is 1. The molecule has 0 aliphatic heterocycles. The van der Waals surface area contributed by atoms with Gasteiger partial charge in [0.05, 0.1) is 24.7 Å². The van der Waals surface area contributed by atoms with Crippen molar-refractivity contribution in [2.24, 2.45) is 0 Å². The quantitative estimate of drug-likeness (QED) is 0.324. The Balaban J connectivity index is 2.24. The van der Waals surface area contributed by atoms with Crippen molar-refractivity contribution in [3.8, 4) is 11.5 Å². The summed E-state index contributed by atoms with van der Waals surface area (Å²) in [6.45, 7) is 1.49. The van der Waals surface area contributed by atoms with E-state index in [1.165, 1.54) is 33.3 Å². The largest absolute Gasteiger partial charge is 0.497 e. The Morgan fingerprint density at radius 2 is 1.65 bits per heavy atom. The second-order valence-electron chi connectivity index (χ2n) is 5.28. The minimum atomic E-state index is -0.967. The first-order chi connectivity index (χ1) is 12.4. The van der Waals surface area contributed by atoms with Crippen molar-refractivity contribution in [3.63, 3.8) is 0 Å². The molecule has 136 valence electrons. The summed E-state index contributed by atoms with van der Waals surface area (Å²) in [5.41, 5.74) is -0.0323. The zero-order valence-electron chi connectivity index (χ0n) is 14.4. The van der Waals surface area contributed by atoms with Gasteiger partial charge in [-0.1, -0.05) is 0 Å². The number of Topliss-reactive ketones (excluding diaryl/α,β-unsaturated/α-hetero) is 1. The Labute approximate surface area is 149 Å². The van der Waals surface area contributed by atoms with Crippen molar-refractivity contribution in [2.75, 3.05) is 14.2 Å². The van der Waals surface area contributed by atoms with Crippen molar-refractivity contribution in [1.29, 1.82) is 0 Å². The van der Waals surface area contributed by atoms with Crippen molar-refractivity contribution in [2.45, 2.75) is 13.0 Å². The van der Waals surface area contributed by atoms with Crippen LogP contribution in [-0.4, -0.2) is 37.0 Å². The van der Waals surface area contributed by atoms with Crippen molar-refractivity contribution in [3.05, 3.63) is 63.7 Å². The van der Waals surface area contributed by atoms with Crippen LogP contribution in [0.1, 0.15) is 27.6 Å². The molecule has 0 aliphatic rings. The van der Waals surface area contributed by atoms with E-state index in [0.717, 1.165) is 6.07 Å². The van der Waals surface area contributed by atoms with Gasteiger partial charge in [-0.2, -0.15) is 0 Å². The Morgan fingerprint density at radius 3 is 2.19 bits per heavy atom. The number of ether oxygens (including phenoxy) is 3. The second kappa shape index (κ2) is 8.11. The van der Waals surface area contributed by atoms with Crippen LogP contribution >= 0.6 is 0 Å². The number of carbonyl (C=O) groups is 2. The zero-order chi connectivity index (χ0) is 19.3. The van der Waals surface area contributed by atoms with Crippen LogP contribution in [0.3, 0.4) is 0 Å². The maximum absolute atomic E-state index is 12.4. The summed E-state index contributed by atoms with van der Waals surface area (Å²) < 4.78 is 15.0. The molecule has 0 saturated heterocycles. The molecule has 0 spiro atoms. The molecule has 8 nitrogen and oxygen atoms in total. The molecular formula is C18H17NO7. The predicted molar refractivity (Wildman–Crippen MR) is 91.9 cm³/mol. The molecular weight excluding hydrogens is 342 g/mol. The molecule has 0 radical (unpaired) electrons. The van der Waals surface area contributed by atoms with E-state index in [-0.39, 0.29) is 17.1 Å². The van der Waals surface area contributed by atoms with Crippen LogP contribution in [0, 0.1) is 10.1 Å². The highest BCUT2D eigenvalue weighted by molar-refractivity contribution is 5.99. The lowest BCUT2D eigenvalue weighted by Crippen LogP contribution is -2.24. The van der Waals surface area contributed by atoms with E-state index in [1.807, 2.05) is 0 Å². The fourth-order valence-electron chi connectivity index (χ4n) is 2.24. The number of esters is 1. The zero-order valence-corrected chi connectivity index (χ0v) is 14.4. The SMILES string of the molecule is COC(=O)c1ccc(O[C@H](C)C(=O)c2ccc(OC)cc2)c([N+](=O)[O-])c1. The molecule has 0 heterocycles.